The Balaban J connectivity index is 1.78. The van der Waals surface area contributed by atoms with Gasteiger partial charge in [0, 0.05) is 5.39 Å². The predicted molar refractivity (Wildman–Crippen MR) is 169 cm³/mol. The lowest BCUT2D eigenvalue weighted by molar-refractivity contribution is -0.432. The monoisotopic (exact) mass is 737 g/mol. The number of fused-ring (bicyclic) bond motifs is 2. The number of azo groups is 2. The van der Waals surface area contributed by atoms with E-state index in [1.807, 2.05) is 0 Å². The summed E-state index contributed by atoms with van der Waals surface area (Å²) in [5, 5.41) is 38.9. The third-order valence-corrected chi connectivity index (χ3v) is 9.66. The smallest absolute Gasteiger partial charge is 0.296 e. The molecule has 0 saturated carbocycles. The quantitative estimate of drug-likeness (QED) is 0.0229. The highest BCUT2D eigenvalue weighted by Gasteiger charge is 2.26. The van der Waals surface area contributed by atoms with E-state index < -0.39 is 62.2 Å². The molecule has 0 aliphatic heterocycles. The van der Waals surface area contributed by atoms with E-state index in [-0.39, 0.29) is 37.8 Å². The Bertz CT molecular complexity index is 2490. The number of anilines is 1. The van der Waals surface area contributed by atoms with Crippen LogP contribution in [-0.4, -0.2) is 49.3 Å². The summed E-state index contributed by atoms with van der Waals surface area (Å²) < 4.78 is 106. The van der Waals surface area contributed by atoms with E-state index >= 15 is 0 Å². The van der Waals surface area contributed by atoms with Crippen molar-refractivity contribution in [3.8, 4) is 5.75 Å². The number of phenols is 1. The molecule has 0 radical (unpaired) electrons. The topological polar surface area (TPSA) is 297 Å². The number of hydrogen-bond donors (Lipinski definition) is 6. The standard InChI is InChI=1S/C26H19N5O13S4/c27-23-22-14(10-20(45-44-43-33)24(26(22)32)30-28-15-4-2-1-3-5-15)11-21(48(40,41)42)25(23)31-29-19-12-17(47(37,38)39)9-13-8-16(46(34,35)36)6-7-18(13)19/h1-12,32-33H,27H2,(H,34,35,36)(H,37,38,39)(H,40,41,42)/b30-28+,31-29+. The van der Waals surface area contributed by atoms with E-state index in [1.165, 1.54) is 6.07 Å². The lowest BCUT2D eigenvalue weighted by Crippen LogP contribution is -2.02. The molecule has 250 valence electrons. The SMILES string of the molecule is Nc1c(/N=N/c2cc(S(=O)(=O)O)cc3cc(S(=O)(=O)O)ccc23)c(S(=O)(=O)O)cc2cc(SOOO)c(/N=N/c3ccccc3)c(O)c12. The van der Waals surface area contributed by atoms with E-state index in [1.54, 1.807) is 30.3 Å². The number of aromatic hydroxyl groups is 1. The second kappa shape index (κ2) is 13.1. The number of benzene rings is 5. The van der Waals surface area contributed by atoms with Crippen molar-refractivity contribution in [1.29, 1.82) is 0 Å². The largest absolute Gasteiger partial charge is 0.505 e. The van der Waals surface area contributed by atoms with Crippen LogP contribution in [0.2, 0.25) is 0 Å². The highest BCUT2D eigenvalue weighted by Crippen LogP contribution is 2.49. The molecule has 0 unspecified atom stereocenters. The number of phenolic OH excluding ortho intramolecular Hbond substituents is 1. The van der Waals surface area contributed by atoms with Crippen molar-refractivity contribution < 1.29 is 58.6 Å². The van der Waals surface area contributed by atoms with Crippen LogP contribution >= 0.6 is 12.0 Å². The number of nitrogen functional groups attached to an aromatic ring is 1. The van der Waals surface area contributed by atoms with Gasteiger partial charge < -0.3 is 10.8 Å². The van der Waals surface area contributed by atoms with Gasteiger partial charge >= 0.3 is 0 Å². The molecule has 0 saturated heterocycles. The Kier molecular flexibility index (Phi) is 9.48. The van der Waals surface area contributed by atoms with Crippen molar-refractivity contribution >= 4 is 92.4 Å². The fraction of sp³-hybridized carbons (Fsp3) is 0. The van der Waals surface area contributed by atoms with Gasteiger partial charge in [-0.3, -0.25) is 13.7 Å². The molecule has 0 amide bonds. The summed E-state index contributed by atoms with van der Waals surface area (Å²) in [7, 11) is -14.8. The van der Waals surface area contributed by atoms with Crippen molar-refractivity contribution in [3.63, 3.8) is 0 Å². The van der Waals surface area contributed by atoms with E-state index in [2.05, 4.69) is 29.8 Å². The van der Waals surface area contributed by atoms with Gasteiger partial charge in [0.2, 0.25) is 0 Å². The maximum Gasteiger partial charge on any atom is 0.296 e. The molecule has 0 heterocycles. The van der Waals surface area contributed by atoms with Gasteiger partial charge in [-0.05, 0) is 59.3 Å². The Morgan fingerprint density at radius 1 is 0.688 bits per heavy atom. The fourth-order valence-electron chi connectivity index (χ4n) is 4.42. The first kappa shape index (κ1) is 34.7. The van der Waals surface area contributed by atoms with Crippen molar-refractivity contribution in [3.05, 3.63) is 72.8 Å². The molecular weight excluding hydrogens is 719 g/mol. The molecule has 5 aromatic rings. The lowest BCUT2D eigenvalue weighted by Gasteiger charge is -2.14. The van der Waals surface area contributed by atoms with Crippen LogP contribution in [0.3, 0.4) is 0 Å². The molecule has 0 spiro atoms. The minimum atomic E-state index is -5.14. The van der Waals surface area contributed by atoms with Gasteiger partial charge in [-0.15, -0.1) is 19.7 Å². The minimum Gasteiger partial charge on any atom is -0.505 e. The van der Waals surface area contributed by atoms with Crippen LogP contribution in [0.4, 0.5) is 28.4 Å². The van der Waals surface area contributed by atoms with Crippen molar-refractivity contribution in [2.45, 2.75) is 19.6 Å². The molecular formula is C26H19N5O13S4. The molecule has 48 heavy (non-hydrogen) atoms. The second-order valence-corrected chi connectivity index (χ2v) is 14.5. The van der Waals surface area contributed by atoms with Gasteiger partial charge in [0.25, 0.3) is 30.4 Å². The highest BCUT2D eigenvalue weighted by atomic mass is 32.2. The minimum absolute atomic E-state index is 0.0190. The van der Waals surface area contributed by atoms with E-state index in [0.717, 1.165) is 36.4 Å². The third kappa shape index (κ3) is 7.26. The average Bonchev–Trinajstić information content (AvgIpc) is 3.01. The van der Waals surface area contributed by atoms with Crippen LogP contribution in [0.15, 0.2) is 113 Å². The Morgan fingerprint density at radius 2 is 1.33 bits per heavy atom. The molecule has 0 bridgehead atoms. The Morgan fingerprint density at radius 3 is 1.96 bits per heavy atom. The molecule has 5 aromatic carbocycles. The van der Waals surface area contributed by atoms with Gasteiger partial charge in [-0.25, -0.2) is 5.26 Å². The van der Waals surface area contributed by atoms with Gasteiger partial charge in [0.15, 0.2) is 5.75 Å². The zero-order valence-corrected chi connectivity index (χ0v) is 26.7. The maximum atomic E-state index is 12.5. The normalized spacial score (nSPS) is 12.9. The Labute approximate surface area is 274 Å². The van der Waals surface area contributed by atoms with Crippen LogP contribution < -0.4 is 5.73 Å². The van der Waals surface area contributed by atoms with E-state index in [0.29, 0.717) is 17.7 Å². The second-order valence-electron chi connectivity index (χ2n) is 9.52. The first-order chi connectivity index (χ1) is 22.5. The zero-order valence-electron chi connectivity index (χ0n) is 23.4. The first-order valence-corrected chi connectivity index (χ1v) is 17.7. The van der Waals surface area contributed by atoms with Gasteiger partial charge in [0.05, 0.1) is 49.2 Å². The summed E-state index contributed by atoms with van der Waals surface area (Å²) in [5.74, 6) is -0.691. The van der Waals surface area contributed by atoms with Crippen LogP contribution in [0, 0.1) is 0 Å². The summed E-state index contributed by atoms with van der Waals surface area (Å²) in [4.78, 5) is -2.39. The van der Waals surface area contributed by atoms with Gasteiger partial charge in [-0.1, -0.05) is 29.3 Å². The van der Waals surface area contributed by atoms with Crippen LogP contribution in [0.5, 0.6) is 5.75 Å². The van der Waals surface area contributed by atoms with Crippen molar-refractivity contribution in [2.75, 3.05) is 5.73 Å². The van der Waals surface area contributed by atoms with Crippen LogP contribution in [0.1, 0.15) is 0 Å². The molecule has 5 rings (SSSR count). The summed E-state index contributed by atoms with van der Waals surface area (Å²) in [6.07, 6.45) is 0. The number of nitrogens with two attached hydrogens (primary N) is 1. The summed E-state index contributed by atoms with van der Waals surface area (Å²) in [6, 6.07) is 15.0. The highest BCUT2D eigenvalue weighted by molar-refractivity contribution is 7.94. The molecule has 0 atom stereocenters. The van der Waals surface area contributed by atoms with Crippen molar-refractivity contribution in [1.82, 2.24) is 0 Å². The van der Waals surface area contributed by atoms with E-state index in [9.17, 15) is 44.0 Å². The zero-order chi connectivity index (χ0) is 35.0. The molecule has 18 nitrogen and oxygen atoms in total. The van der Waals surface area contributed by atoms with Gasteiger partial charge in [0.1, 0.15) is 16.3 Å². The molecule has 7 N–H and O–H groups in total. The van der Waals surface area contributed by atoms with Gasteiger partial charge in [-0.2, -0.15) is 30.4 Å². The number of rotatable bonds is 10. The van der Waals surface area contributed by atoms with E-state index in [4.69, 9.17) is 11.0 Å². The summed E-state index contributed by atoms with van der Waals surface area (Å²) in [5.41, 5.74) is 4.70. The molecule has 0 fully saturated rings. The summed E-state index contributed by atoms with van der Waals surface area (Å²) >= 11 is 0.345. The maximum absolute atomic E-state index is 12.5. The number of hydrogen-bond acceptors (Lipinski definition) is 16. The summed E-state index contributed by atoms with van der Waals surface area (Å²) in [6.45, 7) is 0. The first-order valence-electron chi connectivity index (χ1n) is 12.6. The fourth-order valence-corrected chi connectivity index (χ4v) is 6.64. The Hall–Kier alpha value is -4.62. The van der Waals surface area contributed by atoms with Crippen LogP contribution in [-0.2, 0) is 39.7 Å². The average molecular weight is 738 g/mol. The van der Waals surface area contributed by atoms with Crippen LogP contribution in [0.25, 0.3) is 21.5 Å². The van der Waals surface area contributed by atoms with Crippen molar-refractivity contribution in [2.24, 2.45) is 20.5 Å². The molecule has 22 heteroatoms. The third-order valence-electron chi connectivity index (χ3n) is 6.50. The predicted octanol–water partition coefficient (Wildman–Crippen LogP) is 6.28. The molecule has 0 aliphatic carbocycles. The number of nitrogens with zero attached hydrogens (tertiary/aromatic N) is 4. The lowest BCUT2D eigenvalue weighted by atomic mass is 10.1. The molecule has 0 aliphatic rings. The molecule has 0 aromatic heterocycles.